The number of nitrogens with zero attached hydrogens (tertiary/aromatic N) is 1. The van der Waals surface area contributed by atoms with Crippen molar-refractivity contribution in [2.75, 3.05) is 6.61 Å². The molecule has 2 amide bonds. The van der Waals surface area contributed by atoms with Crippen molar-refractivity contribution in [3.63, 3.8) is 0 Å². The summed E-state index contributed by atoms with van der Waals surface area (Å²) in [6.07, 6.45) is 3.02. The van der Waals surface area contributed by atoms with Crippen molar-refractivity contribution in [2.45, 2.75) is 45.3 Å². The molecule has 0 bridgehead atoms. The molecule has 1 saturated heterocycles. The molecule has 0 radical (unpaired) electrons. The van der Waals surface area contributed by atoms with E-state index in [9.17, 15) is 24.9 Å². The zero-order valence-electron chi connectivity index (χ0n) is 22.6. The number of thiophene rings is 1. The van der Waals surface area contributed by atoms with Crippen LogP contribution in [0.15, 0.2) is 83.3 Å². The van der Waals surface area contributed by atoms with Gasteiger partial charge in [-0.1, -0.05) is 67.1 Å². The third-order valence-electron chi connectivity index (χ3n) is 8.25. The Bertz CT molecular complexity index is 1410. The maximum atomic E-state index is 13.6. The fourth-order valence-electron chi connectivity index (χ4n) is 6.27. The predicted octanol–water partition coefficient (Wildman–Crippen LogP) is 5.66. The summed E-state index contributed by atoms with van der Waals surface area (Å²) < 4.78 is 0. The van der Waals surface area contributed by atoms with Crippen molar-refractivity contribution in [1.82, 2.24) is 4.90 Å². The Morgan fingerprint density at radius 1 is 1.05 bits per heavy atom. The maximum Gasteiger partial charge on any atom is 0.234 e. The van der Waals surface area contributed by atoms with Crippen LogP contribution in [0.4, 0.5) is 0 Å². The Kier molecular flexibility index (Phi) is 8.64. The first-order chi connectivity index (χ1) is 19.4. The summed E-state index contributed by atoms with van der Waals surface area (Å²) >= 11 is 1.51. The van der Waals surface area contributed by atoms with Gasteiger partial charge in [0.05, 0.1) is 31.1 Å². The number of aliphatic hydroxyl groups is 2. The predicted molar refractivity (Wildman–Crippen MR) is 157 cm³/mol. The average Bonchev–Trinajstić information content (AvgIpc) is 3.58. The van der Waals surface area contributed by atoms with Crippen molar-refractivity contribution in [3.8, 4) is 5.75 Å². The fraction of sp³-hybridized carbons (Fsp3) is 0.333. The maximum absolute atomic E-state index is 13.6. The van der Waals surface area contributed by atoms with Gasteiger partial charge in [0.2, 0.25) is 11.8 Å². The van der Waals surface area contributed by atoms with Crippen LogP contribution in [-0.2, 0) is 16.1 Å². The Morgan fingerprint density at radius 2 is 1.80 bits per heavy atom. The Balaban J connectivity index is 1.41. The number of likely N-dealkylation sites (tertiary alicyclic amines) is 1. The van der Waals surface area contributed by atoms with Gasteiger partial charge in [-0.05, 0) is 66.0 Å². The molecule has 40 heavy (non-hydrogen) atoms. The van der Waals surface area contributed by atoms with E-state index >= 15 is 0 Å². The van der Waals surface area contributed by atoms with Crippen LogP contribution in [0.25, 0.3) is 11.6 Å². The minimum atomic E-state index is -0.876. The van der Waals surface area contributed by atoms with Gasteiger partial charge in [0.1, 0.15) is 5.75 Å². The molecule has 6 nitrogen and oxygen atoms in total. The Hall–Kier alpha value is -3.52. The van der Waals surface area contributed by atoms with Gasteiger partial charge in [0.15, 0.2) is 0 Å². The summed E-state index contributed by atoms with van der Waals surface area (Å²) in [6, 6.07) is 20.8. The van der Waals surface area contributed by atoms with E-state index in [4.69, 9.17) is 0 Å². The fourth-order valence-corrected chi connectivity index (χ4v) is 6.97. The molecule has 4 atom stereocenters. The Labute approximate surface area is 238 Å². The molecule has 7 heteroatoms. The lowest BCUT2D eigenvalue weighted by atomic mass is 9.67. The van der Waals surface area contributed by atoms with Gasteiger partial charge in [-0.25, -0.2) is 0 Å². The number of fused-ring (bicyclic) bond motifs is 1. The lowest BCUT2D eigenvalue weighted by molar-refractivity contribution is -0.140. The Morgan fingerprint density at radius 3 is 2.48 bits per heavy atom. The van der Waals surface area contributed by atoms with E-state index in [0.717, 1.165) is 21.6 Å². The number of allylic oxidation sites excluding steroid dienone is 2. The molecule has 208 valence electrons. The van der Waals surface area contributed by atoms with E-state index in [1.165, 1.54) is 16.2 Å². The van der Waals surface area contributed by atoms with Crippen LogP contribution >= 0.6 is 11.3 Å². The van der Waals surface area contributed by atoms with Crippen LogP contribution in [0, 0.1) is 17.8 Å². The van der Waals surface area contributed by atoms with Crippen LogP contribution in [-0.4, -0.2) is 44.7 Å². The van der Waals surface area contributed by atoms with Gasteiger partial charge < -0.3 is 15.3 Å². The summed E-state index contributed by atoms with van der Waals surface area (Å²) in [5.74, 6) is -2.03. The number of benzene rings is 2. The first-order valence-corrected chi connectivity index (χ1v) is 14.7. The number of amides is 2. The highest BCUT2D eigenvalue weighted by molar-refractivity contribution is 7.09. The normalized spacial score (nSPS) is 22.1. The summed E-state index contributed by atoms with van der Waals surface area (Å²) in [5.41, 5.74) is 4.31. The molecule has 2 heterocycles. The SMILES string of the molecule is CCC1=C([C@H](O)CC/C(=C/c2ccccc2O)c2ccccc2)[C@H](CO)[C@@H]2C(=O)N(Cc3cccs3)C(=O)[C@@H]2C1. The van der Waals surface area contributed by atoms with Crippen molar-refractivity contribution >= 4 is 34.8 Å². The van der Waals surface area contributed by atoms with E-state index in [0.29, 0.717) is 36.8 Å². The number of phenols is 1. The number of hydrogen-bond donors (Lipinski definition) is 3. The number of hydrogen-bond acceptors (Lipinski definition) is 6. The van der Waals surface area contributed by atoms with Crippen LogP contribution < -0.4 is 0 Å². The second-order valence-corrected chi connectivity index (χ2v) is 11.6. The first-order valence-electron chi connectivity index (χ1n) is 13.8. The first kappa shape index (κ1) is 28.0. The van der Waals surface area contributed by atoms with Gasteiger partial charge in [0, 0.05) is 16.4 Å². The summed E-state index contributed by atoms with van der Waals surface area (Å²) in [7, 11) is 0. The van der Waals surface area contributed by atoms with Crippen molar-refractivity contribution < 1.29 is 24.9 Å². The third-order valence-corrected chi connectivity index (χ3v) is 9.11. The highest BCUT2D eigenvalue weighted by atomic mass is 32.1. The van der Waals surface area contributed by atoms with Crippen LogP contribution in [0.3, 0.4) is 0 Å². The standard InChI is InChI=1S/C33H35NO5S/c1-2-21-18-26-31(33(39)34(32(26)38)19-25-12-8-16-40-25)27(20-35)30(21)29(37)15-14-23(22-9-4-3-5-10-22)17-24-11-6-7-13-28(24)36/h3-13,16-17,26-27,29,31,35-37H,2,14-15,18-20H2,1H3/b23-17-/t26-,27+,29-,31-/m1/s1. The van der Waals surface area contributed by atoms with E-state index in [1.807, 2.05) is 73.0 Å². The van der Waals surface area contributed by atoms with Crippen molar-refractivity contribution in [2.24, 2.45) is 17.8 Å². The van der Waals surface area contributed by atoms with E-state index in [1.54, 1.807) is 12.1 Å². The van der Waals surface area contributed by atoms with Crippen LogP contribution in [0.5, 0.6) is 5.75 Å². The number of aliphatic hydroxyl groups excluding tert-OH is 2. The van der Waals surface area contributed by atoms with Gasteiger partial charge in [-0.2, -0.15) is 0 Å². The molecule has 3 N–H and O–H groups in total. The van der Waals surface area contributed by atoms with Gasteiger partial charge >= 0.3 is 0 Å². The average molecular weight is 558 g/mol. The molecular weight excluding hydrogens is 522 g/mol. The minimum Gasteiger partial charge on any atom is -0.507 e. The highest BCUT2D eigenvalue weighted by Gasteiger charge is 2.54. The number of para-hydroxylation sites is 1. The lowest BCUT2D eigenvalue weighted by Crippen LogP contribution is -2.39. The molecule has 5 rings (SSSR count). The molecule has 1 fully saturated rings. The number of carbonyl (C=O) groups is 2. The lowest BCUT2D eigenvalue weighted by Gasteiger charge is -2.36. The van der Waals surface area contributed by atoms with Crippen LogP contribution in [0.2, 0.25) is 0 Å². The second-order valence-electron chi connectivity index (χ2n) is 10.5. The molecular formula is C33H35NO5S. The zero-order valence-corrected chi connectivity index (χ0v) is 23.4. The molecule has 3 aromatic rings. The summed E-state index contributed by atoms with van der Waals surface area (Å²) in [5, 5.41) is 34.4. The van der Waals surface area contributed by atoms with Crippen LogP contribution in [0.1, 0.15) is 48.6 Å². The summed E-state index contributed by atoms with van der Waals surface area (Å²) in [6.45, 7) is 1.94. The molecule has 2 aliphatic rings. The molecule has 0 spiro atoms. The van der Waals surface area contributed by atoms with E-state index in [2.05, 4.69) is 0 Å². The second kappa shape index (κ2) is 12.3. The van der Waals surface area contributed by atoms with Crippen molar-refractivity contribution in [1.29, 1.82) is 0 Å². The molecule has 1 aliphatic carbocycles. The molecule has 0 saturated carbocycles. The number of aromatic hydroxyl groups is 1. The molecule has 0 unspecified atom stereocenters. The monoisotopic (exact) mass is 557 g/mol. The molecule has 1 aromatic heterocycles. The topological polar surface area (TPSA) is 98.1 Å². The quantitative estimate of drug-likeness (QED) is 0.170. The largest absolute Gasteiger partial charge is 0.507 e. The number of carbonyl (C=O) groups excluding carboxylic acids is 2. The zero-order chi connectivity index (χ0) is 28.2. The number of imide groups is 1. The highest BCUT2D eigenvalue weighted by Crippen LogP contribution is 2.47. The van der Waals surface area contributed by atoms with E-state index < -0.39 is 23.9 Å². The summed E-state index contributed by atoms with van der Waals surface area (Å²) in [4.78, 5) is 29.2. The number of phenolic OH excluding ortho intramolecular Hbond substituents is 1. The van der Waals surface area contributed by atoms with E-state index in [-0.39, 0.29) is 30.7 Å². The van der Waals surface area contributed by atoms with Crippen molar-refractivity contribution in [3.05, 3.63) is 99.3 Å². The van der Waals surface area contributed by atoms with Gasteiger partial charge in [-0.15, -0.1) is 11.3 Å². The van der Waals surface area contributed by atoms with Gasteiger partial charge in [0.25, 0.3) is 0 Å². The number of rotatable bonds is 10. The minimum absolute atomic E-state index is 0.182. The molecule has 2 aromatic carbocycles. The smallest absolute Gasteiger partial charge is 0.234 e. The third kappa shape index (κ3) is 5.55. The van der Waals surface area contributed by atoms with Gasteiger partial charge in [-0.3, -0.25) is 14.5 Å². The molecule has 1 aliphatic heterocycles.